The van der Waals surface area contributed by atoms with Gasteiger partial charge >= 0.3 is 0 Å². The molecule has 96 valence electrons. The van der Waals surface area contributed by atoms with Gasteiger partial charge in [-0.05, 0) is 25.0 Å². The zero-order valence-corrected chi connectivity index (χ0v) is 10.7. The lowest BCUT2D eigenvalue weighted by Crippen LogP contribution is -2.09. The molecular weight excluding hydrogens is 242 g/mol. The zero-order chi connectivity index (χ0) is 13.6. The fourth-order valence-corrected chi connectivity index (χ4v) is 2.18. The Bertz CT molecular complexity index is 766. The number of rotatable bonds is 2. The van der Waals surface area contributed by atoms with E-state index in [1.807, 2.05) is 32.0 Å². The SMILES string of the molecule is Cc1c(C)c(C(=O)c2ccccc2)c2ooc2c1N. The predicted molar refractivity (Wildman–Crippen MR) is 72.2 cm³/mol. The third-order valence-electron chi connectivity index (χ3n) is 3.49. The molecule has 0 bridgehead atoms. The van der Waals surface area contributed by atoms with E-state index in [1.165, 1.54) is 0 Å². The molecule has 0 aliphatic rings. The number of benzene rings is 2. The van der Waals surface area contributed by atoms with Gasteiger partial charge < -0.3 is 5.73 Å². The largest absolute Gasteiger partial charge is 0.395 e. The van der Waals surface area contributed by atoms with Gasteiger partial charge in [0, 0.05) is 5.56 Å². The lowest BCUT2D eigenvalue weighted by Gasteiger charge is -2.13. The predicted octanol–water partition coefficient (Wildman–Crippen LogP) is 3.46. The maximum atomic E-state index is 12.6. The van der Waals surface area contributed by atoms with E-state index >= 15 is 0 Å². The maximum Gasteiger partial charge on any atom is 0.249 e. The molecule has 19 heavy (non-hydrogen) atoms. The Labute approximate surface area is 109 Å². The van der Waals surface area contributed by atoms with E-state index < -0.39 is 0 Å². The van der Waals surface area contributed by atoms with Crippen LogP contribution in [-0.4, -0.2) is 5.78 Å². The van der Waals surface area contributed by atoms with Crippen LogP contribution in [0.4, 0.5) is 5.69 Å². The lowest BCUT2D eigenvalue weighted by molar-refractivity contribution is 0.0582. The summed E-state index contributed by atoms with van der Waals surface area (Å²) >= 11 is 0. The van der Waals surface area contributed by atoms with Crippen molar-refractivity contribution < 1.29 is 13.9 Å². The number of nitrogens with two attached hydrogens (primary N) is 1. The minimum Gasteiger partial charge on any atom is -0.395 e. The van der Waals surface area contributed by atoms with Gasteiger partial charge in [0.15, 0.2) is 5.78 Å². The van der Waals surface area contributed by atoms with Crippen LogP contribution in [0.2, 0.25) is 0 Å². The number of anilines is 1. The Balaban J connectivity index is 2.25. The quantitative estimate of drug-likeness (QED) is 0.432. The molecule has 0 spiro atoms. The van der Waals surface area contributed by atoms with Crippen LogP contribution < -0.4 is 5.73 Å². The van der Waals surface area contributed by atoms with E-state index in [0.29, 0.717) is 28.0 Å². The summed E-state index contributed by atoms with van der Waals surface area (Å²) in [5.74, 6) is -0.0826. The van der Waals surface area contributed by atoms with Crippen molar-refractivity contribution in [1.82, 2.24) is 0 Å². The van der Waals surface area contributed by atoms with E-state index in [4.69, 9.17) is 14.9 Å². The average Bonchev–Trinajstić information content (AvgIpc) is 2.40. The topological polar surface area (TPSA) is 69.4 Å². The number of carbonyl (C=O) groups is 1. The number of ketones is 1. The molecule has 0 saturated carbocycles. The van der Waals surface area contributed by atoms with Crippen LogP contribution in [0.15, 0.2) is 39.5 Å². The van der Waals surface area contributed by atoms with Gasteiger partial charge in [-0.25, -0.2) is 0 Å². The summed E-state index contributed by atoms with van der Waals surface area (Å²) in [6.07, 6.45) is 0. The van der Waals surface area contributed by atoms with Crippen molar-refractivity contribution in [3.8, 4) is 0 Å². The van der Waals surface area contributed by atoms with Gasteiger partial charge in [-0.2, -0.15) is 0 Å². The van der Waals surface area contributed by atoms with Gasteiger partial charge in [-0.3, -0.25) is 13.9 Å². The van der Waals surface area contributed by atoms with E-state index in [2.05, 4.69) is 0 Å². The van der Waals surface area contributed by atoms with E-state index in [1.54, 1.807) is 12.1 Å². The molecule has 2 N–H and O–H groups in total. The molecule has 0 saturated heterocycles. The van der Waals surface area contributed by atoms with Gasteiger partial charge in [0.2, 0.25) is 11.2 Å². The van der Waals surface area contributed by atoms with Crippen molar-refractivity contribution in [1.29, 1.82) is 0 Å². The monoisotopic (exact) mass is 255 g/mol. The van der Waals surface area contributed by atoms with Gasteiger partial charge in [-0.1, -0.05) is 30.3 Å². The highest BCUT2D eigenvalue weighted by Crippen LogP contribution is 2.35. The lowest BCUT2D eigenvalue weighted by atomic mass is 9.94. The second-order valence-corrected chi connectivity index (χ2v) is 4.56. The molecule has 1 aromatic heterocycles. The number of hydrogen-bond donors (Lipinski definition) is 1. The van der Waals surface area contributed by atoms with Crippen LogP contribution in [0.3, 0.4) is 0 Å². The summed E-state index contributed by atoms with van der Waals surface area (Å²) < 4.78 is 9.86. The molecule has 0 radical (unpaired) electrons. The van der Waals surface area contributed by atoms with Crippen LogP contribution in [0, 0.1) is 13.8 Å². The average molecular weight is 255 g/mol. The number of nitrogen functional groups attached to an aromatic ring is 1. The standard InChI is InChI=1S/C15H13NO3/c1-8-9(2)12(16)15-14(18-19-15)11(8)13(17)10-6-4-3-5-7-10/h3-7H,16H2,1-2H3. The second kappa shape index (κ2) is 4.02. The molecule has 4 nitrogen and oxygen atoms in total. The van der Waals surface area contributed by atoms with Gasteiger partial charge in [0.1, 0.15) is 0 Å². The Morgan fingerprint density at radius 2 is 1.63 bits per heavy atom. The fourth-order valence-electron chi connectivity index (χ4n) is 2.18. The summed E-state index contributed by atoms with van der Waals surface area (Å²) in [5, 5.41) is 0. The third kappa shape index (κ3) is 1.57. The molecule has 3 aromatic rings. The summed E-state index contributed by atoms with van der Waals surface area (Å²) in [5.41, 5.74) is 10.2. The maximum absolute atomic E-state index is 12.6. The molecule has 0 amide bonds. The highest BCUT2D eigenvalue weighted by molar-refractivity contribution is 6.17. The molecule has 0 aliphatic carbocycles. The van der Waals surface area contributed by atoms with Crippen LogP contribution in [0.5, 0.6) is 0 Å². The zero-order valence-electron chi connectivity index (χ0n) is 10.7. The minimum atomic E-state index is -0.0826. The Morgan fingerprint density at radius 1 is 1.00 bits per heavy atom. The van der Waals surface area contributed by atoms with Gasteiger partial charge in [0.25, 0.3) is 0 Å². The highest BCUT2D eigenvalue weighted by atomic mass is 17.0. The molecular formula is C15H13NO3. The molecule has 0 unspecified atom stereocenters. The first-order chi connectivity index (χ1) is 9.11. The van der Waals surface area contributed by atoms with Crippen LogP contribution in [0.25, 0.3) is 11.2 Å². The third-order valence-corrected chi connectivity index (χ3v) is 3.49. The fraction of sp³-hybridized carbons (Fsp3) is 0.133. The molecule has 4 heteroatoms. The van der Waals surface area contributed by atoms with Gasteiger partial charge in [0.05, 0.1) is 11.3 Å². The van der Waals surface area contributed by atoms with E-state index in [-0.39, 0.29) is 5.78 Å². The van der Waals surface area contributed by atoms with Crippen molar-refractivity contribution in [2.75, 3.05) is 5.73 Å². The summed E-state index contributed by atoms with van der Waals surface area (Å²) in [6.45, 7) is 3.73. The first-order valence-electron chi connectivity index (χ1n) is 5.98. The van der Waals surface area contributed by atoms with Crippen LogP contribution in [0.1, 0.15) is 27.0 Å². The smallest absolute Gasteiger partial charge is 0.249 e. The van der Waals surface area contributed by atoms with E-state index in [9.17, 15) is 4.79 Å². The molecule has 0 fully saturated rings. The van der Waals surface area contributed by atoms with Crippen LogP contribution in [-0.2, 0) is 0 Å². The number of hydrogen-bond acceptors (Lipinski definition) is 4. The summed E-state index contributed by atoms with van der Waals surface area (Å²) in [7, 11) is 0. The summed E-state index contributed by atoms with van der Waals surface area (Å²) in [4.78, 5) is 12.6. The summed E-state index contributed by atoms with van der Waals surface area (Å²) in [6, 6.07) is 9.08. The van der Waals surface area contributed by atoms with E-state index in [0.717, 1.165) is 11.1 Å². The van der Waals surface area contributed by atoms with Crippen molar-refractivity contribution in [2.45, 2.75) is 13.8 Å². The van der Waals surface area contributed by atoms with Crippen molar-refractivity contribution in [3.63, 3.8) is 0 Å². The Hall–Kier alpha value is -2.49. The molecule has 2 aromatic carbocycles. The van der Waals surface area contributed by atoms with Gasteiger partial charge in [-0.15, -0.1) is 0 Å². The second-order valence-electron chi connectivity index (χ2n) is 4.56. The first-order valence-corrected chi connectivity index (χ1v) is 5.98. The normalized spacial score (nSPS) is 11.1. The Kier molecular flexibility index (Phi) is 2.45. The molecule has 1 heterocycles. The van der Waals surface area contributed by atoms with Crippen LogP contribution >= 0.6 is 0 Å². The number of carbonyl (C=O) groups excluding carboxylic acids is 1. The molecule has 0 atom stereocenters. The highest BCUT2D eigenvalue weighted by Gasteiger charge is 2.25. The number of fused-ring (bicyclic) bond motifs is 1. The Morgan fingerprint density at radius 3 is 2.21 bits per heavy atom. The minimum absolute atomic E-state index is 0.0826. The first kappa shape index (κ1) is 11.6. The van der Waals surface area contributed by atoms with Crippen molar-refractivity contribution in [2.24, 2.45) is 0 Å². The molecule has 3 rings (SSSR count). The van der Waals surface area contributed by atoms with Crippen molar-refractivity contribution >= 4 is 22.6 Å². The van der Waals surface area contributed by atoms with Crippen molar-refractivity contribution in [3.05, 3.63) is 52.6 Å². The molecule has 0 aliphatic heterocycles.